The number of hydrogen-bond acceptors (Lipinski definition) is 3. The minimum atomic E-state index is -3.52. The van der Waals surface area contributed by atoms with Crippen molar-refractivity contribution >= 4 is 10.0 Å². The molecule has 0 saturated heterocycles. The van der Waals surface area contributed by atoms with Crippen LogP contribution in [-0.4, -0.2) is 25.7 Å². The van der Waals surface area contributed by atoms with Gasteiger partial charge in [0.1, 0.15) is 0 Å². The first-order chi connectivity index (χ1) is 9.56. The number of rotatable bonds is 3. The zero-order valence-electron chi connectivity index (χ0n) is 11.5. The second-order valence-electron chi connectivity index (χ2n) is 5.86. The van der Waals surface area contributed by atoms with Gasteiger partial charge in [0.25, 0.3) is 0 Å². The number of aliphatic hydroxyl groups excluding tert-OH is 1. The molecule has 0 spiro atoms. The Morgan fingerprint density at radius 1 is 1.05 bits per heavy atom. The number of hydrogen-bond donors (Lipinski definition) is 2. The molecule has 0 aromatic heterocycles. The van der Waals surface area contributed by atoms with Gasteiger partial charge in [-0.25, -0.2) is 13.1 Å². The van der Waals surface area contributed by atoms with Gasteiger partial charge in [0.05, 0.1) is 11.0 Å². The highest BCUT2D eigenvalue weighted by atomic mass is 32.2. The summed E-state index contributed by atoms with van der Waals surface area (Å²) in [7, 11) is -3.52. The Labute approximate surface area is 120 Å². The zero-order valence-corrected chi connectivity index (χ0v) is 12.3. The first kappa shape index (κ1) is 14.0. The van der Waals surface area contributed by atoms with Crippen LogP contribution in [0.4, 0.5) is 0 Å². The van der Waals surface area contributed by atoms with Gasteiger partial charge in [0.2, 0.25) is 10.0 Å². The molecule has 0 bridgehead atoms. The average Bonchev–Trinajstić information content (AvgIpc) is 2.88. The highest BCUT2D eigenvalue weighted by molar-refractivity contribution is 7.89. The molecular formula is C15H21NO3S. The van der Waals surface area contributed by atoms with Gasteiger partial charge in [-0.1, -0.05) is 18.9 Å². The summed E-state index contributed by atoms with van der Waals surface area (Å²) in [5.74, 6) is 0. The van der Waals surface area contributed by atoms with E-state index in [4.69, 9.17) is 0 Å². The predicted octanol–water partition coefficient (Wildman–Crippen LogP) is 1.76. The van der Waals surface area contributed by atoms with Gasteiger partial charge in [-0.05, 0) is 55.4 Å². The monoisotopic (exact) mass is 295 g/mol. The first-order valence-electron chi connectivity index (χ1n) is 7.38. The second kappa shape index (κ2) is 5.47. The lowest BCUT2D eigenvalue weighted by Crippen LogP contribution is -2.44. The van der Waals surface area contributed by atoms with E-state index in [9.17, 15) is 13.5 Å². The van der Waals surface area contributed by atoms with Crippen molar-refractivity contribution in [3.05, 3.63) is 29.3 Å². The molecule has 3 rings (SSSR count). The molecule has 5 heteroatoms. The van der Waals surface area contributed by atoms with Crippen LogP contribution in [0, 0.1) is 0 Å². The normalized spacial score (nSPS) is 26.4. The summed E-state index contributed by atoms with van der Waals surface area (Å²) in [6.07, 6.45) is 5.88. The van der Waals surface area contributed by atoms with Gasteiger partial charge < -0.3 is 5.11 Å². The number of aliphatic hydroxyl groups is 1. The van der Waals surface area contributed by atoms with Crippen LogP contribution >= 0.6 is 0 Å². The summed E-state index contributed by atoms with van der Waals surface area (Å²) in [5.41, 5.74) is 2.42. The van der Waals surface area contributed by atoms with Crippen LogP contribution in [0.15, 0.2) is 23.1 Å². The molecule has 1 saturated carbocycles. The molecule has 1 fully saturated rings. The lowest BCUT2D eigenvalue weighted by Gasteiger charge is -2.28. The molecule has 1 aromatic carbocycles. The third-order valence-corrected chi connectivity index (χ3v) is 5.90. The predicted molar refractivity (Wildman–Crippen MR) is 77.1 cm³/mol. The molecule has 4 nitrogen and oxygen atoms in total. The minimum absolute atomic E-state index is 0.330. The smallest absolute Gasteiger partial charge is 0.240 e. The highest BCUT2D eigenvalue weighted by Crippen LogP contribution is 2.26. The molecule has 2 N–H and O–H groups in total. The number of aryl methyl sites for hydroxylation is 2. The van der Waals surface area contributed by atoms with Gasteiger partial charge in [-0.3, -0.25) is 0 Å². The largest absolute Gasteiger partial charge is 0.391 e. The Balaban J connectivity index is 1.81. The van der Waals surface area contributed by atoms with Crippen molar-refractivity contribution in [2.75, 3.05) is 0 Å². The maximum Gasteiger partial charge on any atom is 0.240 e. The van der Waals surface area contributed by atoms with Crippen molar-refractivity contribution < 1.29 is 13.5 Å². The molecule has 2 aliphatic carbocycles. The Morgan fingerprint density at radius 2 is 1.80 bits per heavy atom. The number of benzene rings is 1. The van der Waals surface area contributed by atoms with Crippen molar-refractivity contribution in [2.45, 2.75) is 62.0 Å². The lowest BCUT2D eigenvalue weighted by molar-refractivity contribution is 0.101. The molecule has 0 amide bonds. The van der Waals surface area contributed by atoms with Crippen LogP contribution < -0.4 is 4.72 Å². The lowest BCUT2D eigenvalue weighted by atomic mass is 9.93. The number of sulfonamides is 1. The van der Waals surface area contributed by atoms with Crippen LogP contribution in [0.25, 0.3) is 0 Å². The SMILES string of the molecule is O=S(=O)(N[C@H]1CCCC[C@@H]1O)c1ccc2c(c1)CCC2. The van der Waals surface area contributed by atoms with Crippen LogP contribution in [0.2, 0.25) is 0 Å². The molecule has 0 radical (unpaired) electrons. The number of nitrogens with one attached hydrogen (secondary N) is 1. The summed E-state index contributed by atoms with van der Waals surface area (Å²) in [5, 5.41) is 9.91. The third-order valence-electron chi connectivity index (χ3n) is 4.42. The first-order valence-corrected chi connectivity index (χ1v) is 8.87. The Hall–Kier alpha value is -0.910. The van der Waals surface area contributed by atoms with Gasteiger partial charge in [-0.2, -0.15) is 0 Å². The summed E-state index contributed by atoms with van der Waals surface area (Å²) in [4.78, 5) is 0.330. The zero-order chi connectivity index (χ0) is 14.2. The van der Waals surface area contributed by atoms with Crippen molar-refractivity contribution in [3.63, 3.8) is 0 Å². The van der Waals surface area contributed by atoms with Gasteiger partial charge >= 0.3 is 0 Å². The van der Waals surface area contributed by atoms with Gasteiger partial charge in [-0.15, -0.1) is 0 Å². The summed E-state index contributed by atoms with van der Waals surface area (Å²) >= 11 is 0. The summed E-state index contributed by atoms with van der Waals surface area (Å²) < 4.78 is 27.5. The van der Waals surface area contributed by atoms with E-state index in [1.807, 2.05) is 6.07 Å². The van der Waals surface area contributed by atoms with Crippen molar-refractivity contribution in [3.8, 4) is 0 Å². The Kier molecular flexibility index (Phi) is 3.84. The fourth-order valence-electron chi connectivity index (χ4n) is 3.23. The molecule has 0 aliphatic heterocycles. The van der Waals surface area contributed by atoms with Crippen LogP contribution in [0.5, 0.6) is 0 Å². The maximum absolute atomic E-state index is 12.4. The average molecular weight is 295 g/mol. The van der Waals surface area contributed by atoms with E-state index in [0.717, 1.165) is 37.7 Å². The van der Waals surface area contributed by atoms with E-state index < -0.39 is 16.1 Å². The molecular weight excluding hydrogens is 274 g/mol. The van der Waals surface area contributed by atoms with Crippen LogP contribution in [0.3, 0.4) is 0 Å². The maximum atomic E-state index is 12.4. The van der Waals surface area contributed by atoms with Gasteiger partial charge in [0.15, 0.2) is 0 Å². The molecule has 1 aromatic rings. The second-order valence-corrected chi connectivity index (χ2v) is 7.58. The number of fused-ring (bicyclic) bond motifs is 1. The Morgan fingerprint density at radius 3 is 2.60 bits per heavy atom. The quantitative estimate of drug-likeness (QED) is 0.893. The summed E-state index contributed by atoms with van der Waals surface area (Å²) in [6, 6.07) is 5.05. The molecule has 0 heterocycles. The van der Waals surface area contributed by atoms with Crippen LogP contribution in [0.1, 0.15) is 43.2 Å². The third kappa shape index (κ3) is 2.75. The molecule has 110 valence electrons. The van der Waals surface area contributed by atoms with E-state index >= 15 is 0 Å². The molecule has 2 aliphatic rings. The van der Waals surface area contributed by atoms with Crippen molar-refractivity contribution in [1.82, 2.24) is 4.72 Å². The highest BCUT2D eigenvalue weighted by Gasteiger charge is 2.28. The molecule has 20 heavy (non-hydrogen) atoms. The fraction of sp³-hybridized carbons (Fsp3) is 0.600. The van der Waals surface area contributed by atoms with Crippen LogP contribution in [-0.2, 0) is 22.9 Å². The molecule has 2 atom stereocenters. The van der Waals surface area contributed by atoms with E-state index in [-0.39, 0.29) is 6.04 Å². The van der Waals surface area contributed by atoms with E-state index in [1.54, 1.807) is 12.1 Å². The standard InChI is InChI=1S/C15H21NO3S/c17-15-7-2-1-6-14(15)16-20(18,19)13-9-8-11-4-3-5-12(11)10-13/h8-10,14-17H,1-7H2/t14-,15-/m0/s1. The molecule has 0 unspecified atom stereocenters. The minimum Gasteiger partial charge on any atom is -0.391 e. The van der Waals surface area contributed by atoms with E-state index in [1.165, 1.54) is 5.56 Å². The van der Waals surface area contributed by atoms with Gasteiger partial charge in [0, 0.05) is 6.04 Å². The Bertz CT molecular complexity index is 597. The van der Waals surface area contributed by atoms with Crippen molar-refractivity contribution in [2.24, 2.45) is 0 Å². The topological polar surface area (TPSA) is 66.4 Å². The van der Waals surface area contributed by atoms with Crippen molar-refractivity contribution in [1.29, 1.82) is 0 Å². The fourth-order valence-corrected chi connectivity index (χ4v) is 4.59. The van der Waals surface area contributed by atoms with E-state index in [2.05, 4.69) is 4.72 Å². The summed E-state index contributed by atoms with van der Waals surface area (Å²) in [6.45, 7) is 0. The van der Waals surface area contributed by atoms with E-state index in [0.29, 0.717) is 17.7 Å².